The smallest absolute Gasteiger partial charge is 0.457 e. The van der Waals surface area contributed by atoms with Gasteiger partial charge in [-0.05, 0) is 57.9 Å². The lowest BCUT2D eigenvalue weighted by Gasteiger charge is -2.51. The molecule has 3 aliphatic heterocycles. The van der Waals surface area contributed by atoms with Crippen LogP contribution in [-0.2, 0) is 29.5 Å². The second kappa shape index (κ2) is 13.0. The molecule has 0 aliphatic carbocycles. The fourth-order valence-corrected chi connectivity index (χ4v) is 7.04. The Balaban J connectivity index is 1.37. The molecular formula is C34H35F2N3O9S. The lowest BCUT2D eigenvalue weighted by atomic mass is 9.93. The average molecular weight is 700 g/mol. The maximum Gasteiger partial charge on any atom is 0.512 e. The van der Waals surface area contributed by atoms with E-state index in [1.165, 1.54) is 53.5 Å². The Morgan fingerprint density at radius 2 is 1.76 bits per heavy atom. The molecule has 0 radical (unpaired) electrons. The molecule has 1 aromatic heterocycles. The van der Waals surface area contributed by atoms with E-state index < -0.39 is 71.0 Å². The number of ether oxygens (including phenoxy) is 5. The lowest BCUT2D eigenvalue weighted by Crippen LogP contribution is -2.66. The molecule has 15 heteroatoms. The number of nitrogens with zero attached hydrogens (tertiary/aromatic N) is 3. The predicted octanol–water partition coefficient (Wildman–Crippen LogP) is 4.88. The molecule has 1 fully saturated rings. The van der Waals surface area contributed by atoms with Crippen LogP contribution in [0.15, 0.2) is 58.4 Å². The summed E-state index contributed by atoms with van der Waals surface area (Å²) in [6.07, 6.45) is -0.583. The van der Waals surface area contributed by atoms with Crippen LogP contribution in [0.4, 0.5) is 13.6 Å². The molecular weight excluding hydrogens is 664 g/mol. The Morgan fingerprint density at radius 1 is 1.00 bits per heavy atom. The van der Waals surface area contributed by atoms with E-state index in [1.807, 2.05) is 24.3 Å². The first-order valence-corrected chi connectivity index (χ1v) is 16.5. The van der Waals surface area contributed by atoms with Gasteiger partial charge in [0.05, 0.1) is 19.3 Å². The minimum atomic E-state index is -1.70. The van der Waals surface area contributed by atoms with Crippen molar-refractivity contribution in [1.29, 1.82) is 0 Å². The first-order valence-electron chi connectivity index (χ1n) is 15.5. The van der Waals surface area contributed by atoms with Gasteiger partial charge in [-0.15, -0.1) is 11.8 Å². The summed E-state index contributed by atoms with van der Waals surface area (Å²) in [6, 6.07) is 10.5. The summed E-state index contributed by atoms with van der Waals surface area (Å²) < 4.78 is 58.4. The molecule has 1 saturated heterocycles. The van der Waals surface area contributed by atoms with E-state index >= 15 is 4.39 Å². The van der Waals surface area contributed by atoms with Gasteiger partial charge in [0.1, 0.15) is 11.8 Å². The molecule has 0 N–H and O–H groups in total. The minimum Gasteiger partial charge on any atom is -0.457 e. The van der Waals surface area contributed by atoms with Crippen LogP contribution in [0.1, 0.15) is 67.8 Å². The number of thioether (sulfide) groups is 1. The van der Waals surface area contributed by atoms with Gasteiger partial charge < -0.3 is 28.6 Å². The summed E-state index contributed by atoms with van der Waals surface area (Å²) in [5, 5.41) is 1.79. The Hall–Kier alpha value is -4.63. The Morgan fingerprint density at radius 3 is 2.51 bits per heavy atom. The first kappa shape index (κ1) is 34.2. The number of carbonyl (C=O) groups excluding carboxylic acids is 3. The third-order valence-corrected chi connectivity index (χ3v) is 9.26. The number of halogens is 2. The zero-order valence-electron chi connectivity index (χ0n) is 27.5. The Labute approximate surface area is 284 Å². The number of fused-ring (bicyclic) bond motifs is 4. The summed E-state index contributed by atoms with van der Waals surface area (Å²) in [4.78, 5) is 54.8. The van der Waals surface area contributed by atoms with Crippen molar-refractivity contribution in [3.63, 3.8) is 0 Å². The molecule has 3 aromatic rings. The van der Waals surface area contributed by atoms with Gasteiger partial charge >= 0.3 is 12.1 Å². The van der Waals surface area contributed by atoms with Crippen molar-refractivity contribution in [2.24, 2.45) is 0 Å². The van der Waals surface area contributed by atoms with Gasteiger partial charge in [-0.1, -0.05) is 24.3 Å². The van der Waals surface area contributed by atoms with Gasteiger partial charge in [-0.3, -0.25) is 19.3 Å². The van der Waals surface area contributed by atoms with Crippen molar-refractivity contribution in [3.8, 4) is 5.75 Å². The average Bonchev–Trinajstić information content (AvgIpc) is 3.20. The van der Waals surface area contributed by atoms with Crippen LogP contribution in [0.5, 0.6) is 5.75 Å². The van der Waals surface area contributed by atoms with E-state index in [0.717, 1.165) is 16.5 Å². The van der Waals surface area contributed by atoms with Crippen LogP contribution >= 0.6 is 11.8 Å². The number of rotatable bonds is 6. The summed E-state index contributed by atoms with van der Waals surface area (Å²) in [5.74, 6) is -3.55. The quantitative estimate of drug-likeness (QED) is 0.258. The largest absolute Gasteiger partial charge is 0.512 e. The maximum absolute atomic E-state index is 15.4. The third-order valence-electron chi connectivity index (χ3n) is 8.14. The van der Waals surface area contributed by atoms with Gasteiger partial charge in [-0.2, -0.15) is 0 Å². The number of amides is 1. The minimum absolute atomic E-state index is 0.0840. The van der Waals surface area contributed by atoms with Crippen LogP contribution < -0.4 is 15.2 Å². The molecule has 12 nitrogen and oxygen atoms in total. The van der Waals surface area contributed by atoms with Crippen LogP contribution in [0.3, 0.4) is 0 Å². The Kier molecular flexibility index (Phi) is 9.09. The number of morpholine rings is 1. The van der Waals surface area contributed by atoms with Gasteiger partial charge in [0.25, 0.3) is 5.91 Å². The van der Waals surface area contributed by atoms with Gasteiger partial charge in [0.15, 0.2) is 17.3 Å². The summed E-state index contributed by atoms with van der Waals surface area (Å²) in [6.45, 7) is 7.29. The topological polar surface area (TPSA) is 126 Å². The molecule has 6 rings (SSSR count). The molecule has 3 aliphatic rings. The summed E-state index contributed by atoms with van der Waals surface area (Å²) in [5.41, 5.74) is -1.97. The predicted molar refractivity (Wildman–Crippen MR) is 172 cm³/mol. The van der Waals surface area contributed by atoms with Crippen molar-refractivity contribution in [3.05, 3.63) is 92.9 Å². The molecule has 49 heavy (non-hydrogen) atoms. The van der Waals surface area contributed by atoms with Crippen molar-refractivity contribution in [2.45, 2.75) is 68.7 Å². The molecule has 2 aromatic carbocycles. The summed E-state index contributed by atoms with van der Waals surface area (Å²) in [7, 11) is 0. The highest BCUT2D eigenvalue weighted by Gasteiger charge is 2.46. The highest BCUT2D eigenvalue weighted by atomic mass is 32.2. The number of benzene rings is 2. The van der Waals surface area contributed by atoms with Gasteiger partial charge in [0.2, 0.25) is 23.6 Å². The maximum atomic E-state index is 15.4. The number of pyridine rings is 1. The monoisotopic (exact) mass is 699 g/mol. The normalized spacial score (nSPS) is 18.7. The second-order valence-corrected chi connectivity index (χ2v) is 14.1. The highest BCUT2D eigenvalue weighted by molar-refractivity contribution is 7.98. The van der Waals surface area contributed by atoms with Crippen LogP contribution in [0, 0.1) is 11.6 Å². The van der Waals surface area contributed by atoms with Crippen molar-refractivity contribution in [2.75, 3.05) is 31.6 Å². The first-order chi connectivity index (χ1) is 23.2. The number of hydrogen-bond donors (Lipinski definition) is 0. The van der Waals surface area contributed by atoms with E-state index in [4.69, 9.17) is 23.7 Å². The number of hydrogen-bond acceptors (Lipinski definition) is 11. The third kappa shape index (κ3) is 6.56. The molecule has 0 spiro atoms. The Bertz CT molecular complexity index is 1880. The molecule has 0 unspecified atom stereocenters. The van der Waals surface area contributed by atoms with Crippen LogP contribution in [0.25, 0.3) is 0 Å². The zero-order chi connectivity index (χ0) is 35.2. The molecule has 260 valence electrons. The molecule has 0 saturated carbocycles. The van der Waals surface area contributed by atoms with Gasteiger partial charge in [-0.25, -0.2) is 18.4 Å². The zero-order valence-corrected chi connectivity index (χ0v) is 28.3. The van der Waals surface area contributed by atoms with E-state index in [0.29, 0.717) is 5.56 Å². The number of aromatic nitrogens is 1. The SMILES string of the molecule is CC(C)(C)OC(=O)C(C)(C)OC(=O)OCOc1c2n(ccc1=O)N([C@@H]1c3ccccc3SCc3c1ccc(F)c3F)[C@@H]1COCCN1C2=O. The standard InChI is InChI=1S/C34H35F2N3O9S/c1-33(2,3)47-31(42)34(4,5)48-32(43)46-18-45-29-23(40)12-13-38-28(29)30(41)37-14-15-44-16-25(37)39(38)27-19-10-11-22(35)26(36)21(19)17-49-24-9-7-6-8-20(24)27/h6-13,25,27H,14-18H2,1-5H3/t25-,27+/m1/s1. The van der Waals surface area contributed by atoms with Crippen molar-refractivity contribution < 1.29 is 46.8 Å². The summed E-state index contributed by atoms with van der Waals surface area (Å²) >= 11 is 1.36. The lowest BCUT2D eigenvalue weighted by molar-refractivity contribution is -0.176. The van der Waals surface area contributed by atoms with Crippen molar-refractivity contribution in [1.82, 2.24) is 9.58 Å². The molecule has 4 heterocycles. The van der Waals surface area contributed by atoms with E-state index in [1.54, 1.807) is 25.8 Å². The van der Waals surface area contributed by atoms with Crippen molar-refractivity contribution >= 4 is 29.8 Å². The number of carbonyl (C=O) groups is 3. The van der Waals surface area contributed by atoms with Crippen LogP contribution in [0.2, 0.25) is 0 Å². The number of esters is 1. The molecule has 0 bridgehead atoms. The molecule has 2 atom stereocenters. The highest BCUT2D eigenvalue weighted by Crippen LogP contribution is 2.45. The van der Waals surface area contributed by atoms with E-state index in [2.05, 4.69) is 0 Å². The molecule has 1 amide bonds. The second-order valence-electron chi connectivity index (χ2n) is 13.1. The van der Waals surface area contributed by atoms with Gasteiger partial charge in [0, 0.05) is 35.0 Å². The van der Waals surface area contributed by atoms with Crippen LogP contribution in [-0.4, -0.2) is 71.5 Å². The fraction of sp³-hybridized carbons (Fsp3) is 0.412. The van der Waals surface area contributed by atoms with E-state index in [9.17, 15) is 23.6 Å². The van der Waals surface area contributed by atoms with E-state index in [-0.39, 0.29) is 36.8 Å². The fourth-order valence-electron chi connectivity index (χ4n) is 5.93.